The first kappa shape index (κ1) is 30.3. The third kappa shape index (κ3) is 7.54. The molecule has 0 saturated carbocycles. The zero-order valence-electron chi connectivity index (χ0n) is 23.9. The molecule has 0 bridgehead atoms. The average Bonchev–Trinajstić information content (AvgIpc) is 3.60. The van der Waals surface area contributed by atoms with Gasteiger partial charge in [-0.25, -0.2) is 0 Å². The number of methoxy groups -OCH3 is 1. The lowest BCUT2D eigenvalue weighted by Gasteiger charge is -2.26. The molecule has 42 heavy (non-hydrogen) atoms. The number of nitrogens with one attached hydrogen (secondary N) is 5. The van der Waals surface area contributed by atoms with Crippen LogP contribution in [-0.4, -0.2) is 66.7 Å². The number of aromatic amines is 1. The van der Waals surface area contributed by atoms with E-state index in [9.17, 15) is 24.0 Å². The summed E-state index contributed by atoms with van der Waals surface area (Å²) in [6.45, 7) is 4.12. The first-order chi connectivity index (χ1) is 20.2. The lowest BCUT2D eigenvalue weighted by atomic mass is 9.98. The van der Waals surface area contributed by atoms with Crippen LogP contribution in [0.4, 0.5) is 0 Å². The number of benzene rings is 2. The maximum Gasteiger partial charge on any atom is 0.268 e. The summed E-state index contributed by atoms with van der Waals surface area (Å²) in [5, 5.41) is 11.8. The minimum absolute atomic E-state index is 0.144. The maximum atomic E-state index is 13.5. The van der Waals surface area contributed by atoms with E-state index in [1.807, 2.05) is 30.3 Å². The molecule has 0 spiro atoms. The third-order valence-corrected chi connectivity index (χ3v) is 7.42. The quantitative estimate of drug-likeness (QED) is 0.196. The van der Waals surface area contributed by atoms with Crippen LogP contribution in [0.2, 0.25) is 0 Å². The highest BCUT2D eigenvalue weighted by molar-refractivity contribution is 6.01. The van der Waals surface area contributed by atoms with Crippen molar-refractivity contribution in [1.29, 1.82) is 0 Å². The molecule has 222 valence electrons. The second kappa shape index (κ2) is 13.8. The Bertz CT molecular complexity index is 1440. The molecule has 1 fully saturated rings. The SMILES string of the molecule is COc1ccc2[nH]c(C(=O)N[C@H](C(=O)N[C@@H](Cc3ccccc3)C(=O)N[C@H](C=O)C[C@@H]3CCNC3=O)C(C)C)cc2c1. The molecule has 11 nitrogen and oxygen atoms in total. The predicted molar refractivity (Wildman–Crippen MR) is 157 cm³/mol. The van der Waals surface area contributed by atoms with E-state index in [4.69, 9.17) is 4.74 Å². The van der Waals surface area contributed by atoms with E-state index in [1.165, 1.54) is 0 Å². The molecule has 11 heteroatoms. The van der Waals surface area contributed by atoms with Gasteiger partial charge in [-0.1, -0.05) is 44.2 Å². The van der Waals surface area contributed by atoms with Crippen LogP contribution in [0.15, 0.2) is 54.6 Å². The molecule has 3 aromatic rings. The Morgan fingerprint density at radius 3 is 2.43 bits per heavy atom. The van der Waals surface area contributed by atoms with Gasteiger partial charge in [-0.05, 0) is 48.6 Å². The van der Waals surface area contributed by atoms with Gasteiger partial charge in [0.25, 0.3) is 5.91 Å². The number of aromatic nitrogens is 1. The summed E-state index contributed by atoms with van der Waals surface area (Å²) in [5.74, 6) is -1.73. The summed E-state index contributed by atoms with van der Waals surface area (Å²) >= 11 is 0. The molecule has 0 aliphatic carbocycles. The summed E-state index contributed by atoms with van der Waals surface area (Å²) in [6, 6.07) is 13.4. The average molecular weight is 576 g/mol. The number of H-pyrrole nitrogens is 1. The van der Waals surface area contributed by atoms with E-state index in [0.29, 0.717) is 25.0 Å². The fourth-order valence-electron chi connectivity index (χ4n) is 5.04. The van der Waals surface area contributed by atoms with E-state index >= 15 is 0 Å². The monoisotopic (exact) mass is 575 g/mol. The molecule has 4 atom stereocenters. The predicted octanol–water partition coefficient (Wildman–Crippen LogP) is 1.87. The van der Waals surface area contributed by atoms with Crippen molar-refractivity contribution in [3.05, 3.63) is 65.9 Å². The van der Waals surface area contributed by atoms with Crippen molar-refractivity contribution < 1.29 is 28.7 Å². The fraction of sp³-hybridized carbons (Fsp3) is 0.387. The number of ether oxygens (including phenoxy) is 1. The topological polar surface area (TPSA) is 158 Å². The Hall–Kier alpha value is -4.67. The normalized spacial score (nSPS) is 16.8. The van der Waals surface area contributed by atoms with Crippen LogP contribution in [0.1, 0.15) is 42.7 Å². The lowest BCUT2D eigenvalue weighted by molar-refractivity contribution is -0.131. The van der Waals surface area contributed by atoms with Crippen LogP contribution in [0, 0.1) is 11.8 Å². The van der Waals surface area contributed by atoms with Crippen molar-refractivity contribution in [2.75, 3.05) is 13.7 Å². The summed E-state index contributed by atoms with van der Waals surface area (Å²) < 4.78 is 5.25. The molecule has 1 aromatic heterocycles. The Morgan fingerprint density at radius 1 is 1.02 bits per heavy atom. The zero-order valence-corrected chi connectivity index (χ0v) is 23.9. The van der Waals surface area contributed by atoms with E-state index in [2.05, 4.69) is 26.3 Å². The number of rotatable bonds is 13. The van der Waals surface area contributed by atoms with Crippen molar-refractivity contribution >= 4 is 40.8 Å². The van der Waals surface area contributed by atoms with Gasteiger partial charge < -0.3 is 35.8 Å². The van der Waals surface area contributed by atoms with Gasteiger partial charge >= 0.3 is 0 Å². The molecule has 1 aliphatic rings. The van der Waals surface area contributed by atoms with E-state index in [1.54, 1.807) is 45.2 Å². The van der Waals surface area contributed by atoms with Crippen LogP contribution in [-0.2, 0) is 25.6 Å². The summed E-state index contributed by atoms with van der Waals surface area (Å²) in [4.78, 5) is 67.0. The number of amides is 4. The number of carbonyl (C=O) groups excluding carboxylic acids is 5. The van der Waals surface area contributed by atoms with Crippen LogP contribution in [0.5, 0.6) is 5.75 Å². The van der Waals surface area contributed by atoms with Crippen LogP contribution < -0.4 is 26.0 Å². The van der Waals surface area contributed by atoms with Crippen molar-refractivity contribution in [1.82, 2.24) is 26.3 Å². The molecule has 4 amide bonds. The van der Waals surface area contributed by atoms with Crippen molar-refractivity contribution in [3.8, 4) is 5.75 Å². The van der Waals surface area contributed by atoms with Crippen LogP contribution in [0.3, 0.4) is 0 Å². The number of hydrogen-bond donors (Lipinski definition) is 5. The molecular weight excluding hydrogens is 538 g/mol. The molecule has 2 aromatic carbocycles. The minimum atomic E-state index is -1.03. The molecule has 0 radical (unpaired) electrons. The second-order valence-electron chi connectivity index (χ2n) is 10.8. The molecule has 4 rings (SSSR count). The van der Waals surface area contributed by atoms with Crippen molar-refractivity contribution in [2.45, 2.75) is 51.2 Å². The highest BCUT2D eigenvalue weighted by atomic mass is 16.5. The Labute approximate surface area is 244 Å². The first-order valence-electron chi connectivity index (χ1n) is 14.0. The van der Waals surface area contributed by atoms with E-state index in [-0.39, 0.29) is 36.3 Å². The summed E-state index contributed by atoms with van der Waals surface area (Å²) in [6.07, 6.45) is 1.53. The Balaban J connectivity index is 1.48. The standard InChI is InChI=1S/C31H37N5O6/c1-18(2)27(36-30(40)26-16-21-15-23(42-3)9-10-24(21)34-26)31(41)35-25(13-19-7-5-4-6-8-19)29(39)33-22(17-37)14-20-11-12-32-28(20)38/h4-10,15-18,20,22,25,27,34H,11-14H2,1-3H3,(H,32,38)(H,33,39)(H,35,41)(H,36,40)/t20-,22-,25-,27-/m0/s1. The summed E-state index contributed by atoms with van der Waals surface area (Å²) in [7, 11) is 1.56. The molecule has 0 unspecified atom stereocenters. The van der Waals surface area contributed by atoms with Crippen molar-refractivity contribution in [3.63, 3.8) is 0 Å². The van der Waals surface area contributed by atoms with Gasteiger partial charge in [-0.15, -0.1) is 0 Å². The lowest BCUT2D eigenvalue weighted by Crippen LogP contribution is -2.57. The summed E-state index contributed by atoms with van der Waals surface area (Å²) in [5.41, 5.74) is 1.82. The molecule has 5 N–H and O–H groups in total. The smallest absolute Gasteiger partial charge is 0.268 e. The van der Waals surface area contributed by atoms with E-state index in [0.717, 1.165) is 16.5 Å². The molecule has 1 aliphatic heterocycles. The third-order valence-electron chi connectivity index (χ3n) is 7.42. The van der Waals surface area contributed by atoms with Gasteiger partial charge in [-0.2, -0.15) is 0 Å². The number of fused-ring (bicyclic) bond motifs is 1. The highest BCUT2D eigenvalue weighted by Crippen LogP contribution is 2.22. The number of carbonyl (C=O) groups is 5. The Morgan fingerprint density at radius 2 is 1.79 bits per heavy atom. The second-order valence-corrected chi connectivity index (χ2v) is 10.8. The van der Waals surface area contributed by atoms with Gasteiger partial charge in [0, 0.05) is 29.8 Å². The van der Waals surface area contributed by atoms with Gasteiger partial charge in [-0.3, -0.25) is 19.2 Å². The molecule has 1 saturated heterocycles. The van der Waals surface area contributed by atoms with Gasteiger partial charge in [0.1, 0.15) is 29.8 Å². The molecule has 2 heterocycles. The number of hydrogen-bond acceptors (Lipinski definition) is 6. The first-order valence-corrected chi connectivity index (χ1v) is 14.0. The maximum absolute atomic E-state index is 13.5. The van der Waals surface area contributed by atoms with Crippen molar-refractivity contribution in [2.24, 2.45) is 11.8 Å². The van der Waals surface area contributed by atoms with Gasteiger partial charge in [0.15, 0.2) is 0 Å². The number of aldehydes is 1. The molecular formula is C31H37N5O6. The van der Waals surface area contributed by atoms with E-state index < -0.39 is 35.8 Å². The highest BCUT2D eigenvalue weighted by Gasteiger charge is 2.32. The Kier molecular flexibility index (Phi) is 9.95. The fourth-order valence-corrected chi connectivity index (χ4v) is 5.04. The van der Waals surface area contributed by atoms with Gasteiger partial charge in [0.05, 0.1) is 13.2 Å². The van der Waals surface area contributed by atoms with Gasteiger partial charge in [0.2, 0.25) is 17.7 Å². The minimum Gasteiger partial charge on any atom is -0.497 e. The van der Waals surface area contributed by atoms with Crippen LogP contribution >= 0.6 is 0 Å². The largest absolute Gasteiger partial charge is 0.497 e. The van der Waals surface area contributed by atoms with Crippen LogP contribution in [0.25, 0.3) is 10.9 Å². The zero-order chi connectivity index (χ0) is 30.2.